The summed E-state index contributed by atoms with van der Waals surface area (Å²) in [5.41, 5.74) is 6.96. The van der Waals surface area contributed by atoms with E-state index in [0.29, 0.717) is 12.1 Å². The van der Waals surface area contributed by atoms with Crippen molar-refractivity contribution in [2.75, 3.05) is 0 Å². The monoisotopic (exact) mass is 306 g/mol. The Morgan fingerprint density at radius 2 is 2.09 bits per heavy atom. The third-order valence-corrected chi connectivity index (χ3v) is 5.57. The molecular formula is C19H22N4. The quantitative estimate of drug-likeness (QED) is 0.679. The van der Waals surface area contributed by atoms with E-state index in [1.165, 1.54) is 59.1 Å². The summed E-state index contributed by atoms with van der Waals surface area (Å²) < 4.78 is 0. The topological polar surface area (TPSA) is 56.5 Å². The summed E-state index contributed by atoms with van der Waals surface area (Å²) in [5.74, 6) is 0. The summed E-state index contributed by atoms with van der Waals surface area (Å²) in [6.07, 6.45) is 9.10. The number of H-pyrrole nitrogens is 2. The first-order chi connectivity index (χ1) is 11.4. The van der Waals surface area contributed by atoms with Crippen LogP contribution in [0.4, 0.5) is 0 Å². The first-order valence-electron chi connectivity index (χ1n) is 8.75. The molecule has 0 amide bonds. The molecule has 1 aromatic carbocycles. The van der Waals surface area contributed by atoms with Gasteiger partial charge >= 0.3 is 0 Å². The number of para-hydroxylation sites is 1. The molecule has 3 N–H and O–H groups in total. The maximum Gasteiger partial charge on any atom is 0.0522 e. The van der Waals surface area contributed by atoms with Gasteiger partial charge in [0, 0.05) is 40.8 Å². The lowest BCUT2D eigenvalue weighted by Gasteiger charge is -2.30. The van der Waals surface area contributed by atoms with Crippen LogP contribution in [0.2, 0.25) is 0 Å². The van der Waals surface area contributed by atoms with Gasteiger partial charge in [-0.05, 0) is 49.3 Å². The second-order valence-corrected chi connectivity index (χ2v) is 6.99. The zero-order chi connectivity index (χ0) is 15.2. The number of aromatic nitrogens is 3. The van der Waals surface area contributed by atoms with Crippen LogP contribution in [0.5, 0.6) is 0 Å². The van der Waals surface area contributed by atoms with E-state index in [4.69, 9.17) is 0 Å². The molecule has 4 nitrogen and oxygen atoms in total. The largest absolute Gasteiger partial charge is 0.357 e. The van der Waals surface area contributed by atoms with Gasteiger partial charge in [0.15, 0.2) is 0 Å². The van der Waals surface area contributed by atoms with E-state index in [1.54, 1.807) is 0 Å². The highest BCUT2D eigenvalue weighted by atomic mass is 15.1. The number of hydrogen-bond acceptors (Lipinski definition) is 2. The number of fused-ring (bicyclic) bond motifs is 4. The average molecular weight is 306 g/mol. The first kappa shape index (κ1) is 13.4. The Morgan fingerprint density at radius 3 is 3.09 bits per heavy atom. The predicted octanol–water partition coefficient (Wildman–Crippen LogP) is 3.42. The minimum atomic E-state index is 0.459. The highest BCUT2D eigenvalue weighted by molar-refractivity contribution is 5.85. The van der Waals surface area contributed by atoms with E-state index >= 15 is 0 Å². The van der Waals surface area contributed by atoms with Gasteiger partial charge in [0.25, 0.3) is 0 Å². The Morgan fingerprint density at radius 1 is 1.13 bits per heavy atom. The van der Waals surface area contributed by atoms with Gasteiger partial charge in [0.1, 0.15) is 0 Å². The van der Waals surface area contributed by atoms with E-state index < -0.39 is 0 Å². The van der Waals surface area contributed by atoms with Crippen molar-refractivity contribution in [2.24, 2.45) is 0 Å². The average Bonchev–Trinajstić information content (AvgIpc) is 3.19. The van der Waals surface area contributed by atoms with Gasteiger partial charge in [-0.25, -0.2) is 0 Å². The maximum atomic E-state index is 4.19. The molecule has 0 saturated carbocycles. The molecule has 4 heteroatoms. The van der Waals surface area contributed by atoms with Crippen molar-refractivity contribution in [1.82, 2.24) is 20.5 Å². The van der Waals surface area contributed by atoms with Crippen molar-refractivity contribution < 1.29 is 0 Å². The minimum absolute atomic E-state index is 0.459. The number of nitrogens with one attached hydrogen (secondary N) is 3. The van der Waals surface area contributed by atoms with Crippen LogP contribution in [0.3, 0.4) is 0 Å². The molecule has 2 heterocycles. The summed E-state index contributed by atoms with van der Waals surface area (Å²) in [6.45, 7) is 0. The molecule has 0 radical (unpaired) electrons. The SMILES string of the molecule is c1ccc2c3c([nH]c2c1)C(NC1CCc2cn[nH]c2C1)CCC3. The number of rotatable bonds is 2. The minimum Gasteiger partial charge on any atom is -0.357 e. The standard InChI is InChI=1S/C19H22N4/c1-2-6-16-14(4-1)15-5-3-7-17(19(15)22-16)21-13-9-8-12-11-20-23-18(12)10-13/h1-2,4,6,11,13,17,21-22H,3,5,7-10H2,(H,20,23). The highest BCUT2D eigenvalue weighted by Crippen LogP contribution is 2.35. The fourth-order valence-corrected chi connectivity index (χ4v) is 4.42. The smallest absolute Gasteiger partial charge is 0.0522 e. The summed E-state index contributed by atoms with van der Waals surface area (Å²) >= 11 is 0. The van der Waals surface area contributed by atoms with Gasteiger partial charge in [-0.3, -0.25) is 5.10 Å². The van der Waals surface area contributed by atoms with Crippen LogP contribution >= 0.6 is 0 Å². The van der Waals surface area contributed by atoms with E-state index in [1.807, 2.05) is 6.20 Å². The summed E-state index contributed by atoms with van der Waals surface area (Å²) in [5, 5.41) is 12.7. The van der Waals surface area contributed by atoms with Gasteiger partial charge in [0.05, 0.1) is 6.20 Å². The number of benzene rings is 1. The van der Waals surface area contributed by atoms with Gasteiger partial charge < -0.3 is 10.3 Å². The molecule has 5 rings (SSSR count). The molecule has 118 valence electrons. The molecule has 0 aliphatic heterocycles. The van der Waals surface area contributed by atoms with Crippen molar-refractivity contribution in [2.45, 2.75) is 50.6 Å². The van der Waals surface area contributed by atoms with Crippen molar-refractivity contribution in [3.63, 3.8) is 0 Å². The van der Waals surface area contributed by atoms with Gasteiger partial charge in [-0.2, -0.15) is 5.10 Å². The summed E-state index contributed by atoms with van der Waals surface area (Å²) in [7, 11) is 0. The molecule has 2 aromatic heterocycles. The molecule has 2 unspecified atom stereocenters. The molecule has 2 aliphatic carbocycles. The fraction of sp³-hybridized carbons (Fsp3) is 0.421. The Kier molecular flexibility index (Phi) is 3.05. The third-order valence-electron chi connectivity index (χ3n) is 5.57. The molecule has 0 bridgehead atoms. The van der Waals surface area contributed by atoms with Gasteiger partial charge in [-0.1, -0.05) is 18.2 Å². The fourth-order valence-electron chi connectivity index (χ4n) is 4.42. The second kappa shape index (κ2) is 5.24. The first-order valence-corrected chi connectivity index (χ1v) is 8.75. The Labute approximate surface area is 135 Å². The second-order valence-electron chi connectivity index (χ2n) is 6.99. The molecule has 23 heavy (non-hydrogen) atoms. The summed E-state index contributed by atoms with van der Waals surface area (Å²) in [6, 6.07) is 9.72. The van der Waals surface area contributed by atoms with Crippen LogP contribution in [0.15, 0.2) is 30.5 Å². The molecule has 0 fully saturated rings. The molecule has 0 saturated heterocycles. The Balaban J connectivity index is 1.43. The van der Waals surface area contributed by atoms with E-state index in [9.17, 15) is 0 Å². The summed E-state index contributed by atoms with van der Waals surface area (Å²) in [4.78, 5) is 3.69. The van der Waals surface area contributed by atoms with Crippen molar-refractivity contribution in [1.29, 1.82) is 0 Å². The zero-order valence-electron chi connectivity index (χ0n) is 13.2. The van der Waals surface area contributed by atoms with Gasteiger partial charge in [-0.15, -0.1) is 0 Å². The van der Waals surface area contributed by atoms with E-state index in [-0.39, 0.29) is 0 Å². The predicted molar refractivity (Wildman–Crippen MR) is 91.5 cm³/mol. The molecule has 0 spiro atoms. The Hall–Kier alpha value is -2.07. The van der Waals surface area contributed by atoms with Crippen molar-refractivity contribution >= 4 is 10.9 Å². The van der Waals surface area contributed by atoms with Gasteiger partial charge in [0.2, 0.25) is 0 Å². The van der Waals surface area contributed by atoms with Crippen molar-refractivity contribution in [3.05, 3.63) is 53.0 Å². The zero-order valence-corrected chi connectivity index (χ0v) is 13.2. The van der Waals surface area contributed by atoms with Crippen LogP contribution in [0, 0.1) is 0 Å². The van der Waals surface area contributed by atoms with Crippen LogP contribution in [-0.4, -0.2) is 21.2 Å². The molecule has 3 aromatic rings. The highest BCUT2D eigenvalue weighted by Gasteiger charge is 2.28. The van der Waals surface area contributed by atoms with E-state index in [0.717, 1.165) is 12.8 Å². The van der Waals surface area contributed by atoms with Crippen LogP contribution in [-0.2, 0) is 19.3 Å². The molecule has 2 atom stereocenters. The van der Waals surface area contributed by atoms with Crippen LogP contribution < -0.4 is 5.32 Å². The Bertz CT molecular complexity index is 844. The van der Waals surface area contributed by atoms with E-state index in [2.05, 4.69) is 44.8 Å². The van der Waals surface area contributed by atoms with Crippen molar-refractivity contribution in [3.8, 4) is 0 Å². The third kappa shape index (κ3) is 2.20. The molecule has 2 aliphatic rings. The normalized spacial score (nSPS) is 23.7. The maximum absolute atomic E-state index is 4.19. The number of aryl methyl sites for hydroxylation is 2. The lowest BCUT2D eigenvalue weighted by atomic mass is 9.88. The number of nitrogens with zero attached hydrogens (tertiary/aromatic N) is 1. The van der Waals surface area contributed by atoms with Crippen LogP contribution in [0.25, 0.3) is 10.9 Å². The molecular weight excluding hydrogens is 284 g/mol. The number of hydrogen-bond donors (Lipinski definition) is 3. The lowest BCUT2D eigenvalue weighted by molar-refractivity contribution is 0.362. The number of aromatic amines is 2. The lowest BCUT2D eigenvalue weighted by Crippen LogP contribution is -2.38. The van der Waals surface area contributed by atoms with Crippen LogP contribution in [0.1, 0.15) is 47.8 Å².